The molecule has 0 saturated carbocycles. The van der Waals surface area contributed by atoms with Gasteiger partial charge >= 0.3 is 0 Å². The van der Waals surface area contributed by atoms with Crippen molar-refractivity contribution in [2.24, 2.45) is 0 Å². The molecule has 0 spiro atoms. The molecule has 0 aromatic heterocycles. The number of amides is 1. The second-order valence-corrected chi connectivity index (χ2v) is 6.26. The van der Waals surface area contributed by atoms with Gasteiger partial charge in [0, 0.05) is 19.1 Å². The molecule has 1 N–H and O–H groups in total. The van der Waals surface area contributed by atoms with Crippen LogP contribution in [0.1, 0.15) is 44.9 Å². The van der Waals surface area contributed by atoms with Gasteiger partial charge < -0.3 is 10.2 Å². The van der Waals surface area contributed by atoms with Crippen molar-refractivity contribution in [1.29, 1.82) is 0 Å². The Morgan fingerprint density at radius 2 is 1.63 bits per heavy atom. The fourth-order valence-corrected chi connectivity index (χ4v) is 3.95. The molecule has 3 saturated heterocycles. The molecular formula is C15H27N3O. The second kappa shape index (κ2) is 6.23. The Bertz CT molecular complexity index is 309. The summed E-state index contributed by atoms with van der Waals surface area (Å²) in [5, 5.41) is 3.42. The summed E-state index contributed by atoms with van der Waals surface area (Å²) in [4.78, 5) is 17.4. The quantitative estimate of drug-likeness (QED) is 0.815. The van der Waals surface area contributed by atoms with Crippen molar-refractivity contribution in [1.82, 2.24) is 15.1 Å². The number of hydrogen-bond donors (Lipinski definition) is 1. The van der Waals surface area contributed by atoms with Gasteiger partial charge in [-0.3, -0.25) is 9.69 Å². The molecule has 0 aromatic rings. The summed E-state index contributed by atoms with van der Waals surface area (Å²) < 4.78 is 0. The molecule has 3 aliphatic rings. The van der Waals surface area contributed by atoms with E-state index in [1.165, 1.54) is 38.5 Å². The Morgan fingerprint density at radius 3 is 2.37 bits per heavy atom. The first kappa shape index (κ1) is 13.4. The largest absolute Gasteiger partial charge is 0.341 e. The molecule has 19 heavy (non-hydrogen) atoms. The van der Waals surface area contributed by atoms with E-state index in [2.05, 4.69) is 15.1 Å². The summed E-state index contributed by atoms with van der Waals surface area (Å²) >= 11 is 0. The van der Waals surface area contributed by atoms with Gasteiger partial charge in [-0.2, -0.15) is 0 Å². The van der Waals surface area contributed by atoms with E-state index in [-0.39, 0.29) is 6.04 Å². The van der Waals surface area contributed by atoms with Crippen LogP contribution in [0.4, 0.5) is 0 Å². The van der Waals surface area contributed by atoms with Crippen LogP contribution in [0.2, 0.25) is 0 Å². The van der Waals surface area contributed by atoms with Gasteiger partial charge in [0.1, 0.15) is 0 Å². The standard InChI is InChI=1S/C15H27N3O/c19-15(17-10-2-1-3-11-17)14-5-4-12-18(14)13-6-8-16-9-7-13/h13-14,16H,1-12H2. The highest BCUT2D eigenvalue weighted by atomic mass is 16.2. The van der Waals surface area contributed by atoms with Crippen LogP contribution in [-0.2, 0) is 4.79 Å². The highest BCUT2D eigenvalue weighted by Gasteiger charge is 2.37. The monoisotopic (exact) mass is 265 g/mol. The average Bonchev–Trinajstić information content (AvgIpc) is 2.98. The van der Waals surface area contributed by atoms with E-state index in [1.807, 2.05) is 0 Å². The lowest BCUT2D eigenvalue weighted by Gasteiger charge is -2.38. The lowest BCUT2D eigenvalue weighted by molar-refractivity contribution is -0.137. The van der Waals surface area contributed by atoms with Crippen LogP contribution < -0.4 is 5.32 Å². The van der Waals surface area contributed by atoms with Crippen LogP contribution >= 0.6 is 0 Å². The fraction of sp³-hybridized carbons (Fsp3) is 0.933. The van der Waals surface area contributed by atoms with Crippen LogP contribution in [0.15, 0.2) is 0 Å². The summed E-state index contributed by atoms with van der Waals surface area (Å²) in [6, 6.07) is 0.837. The van der Waals surface area contributed by atoms with Crippen LogP contribution in [0.5, 0.6) is 0 Å². The van der Waals surface area contributed by atoms with E-state index in [9.17, 15) is 4.79 Å². The van der Waals surface area contributed by atoms with E-state index in [0.717, 1.165) is 39.1 Å². The normalized spacial score (nSPS) is 30.7. The zero-order valence-corrected chi connectivity index (χ0v) is 11.9. The van der Waals surface area contributed by atoms with Gasteiger partial charge in [-0.25, -0.2) is 0 Å². The van der Waals surface area contributed by atoms with Gasteiger partial charge in [-0.15, -0.1) is 0 Å². The molecule has 1 unspecified atom stereocenters. The van der Waals surface area contributed by atoms with E-state index in [0.29, 0.717) is 11.9 Å². The van der Waals surface area contributed by atoms with Crippen molar-refractivity contribution in [2.75, 3.05) is 32.7 Å². The predicted molar refractivity (Wildman–Crippen MR) is 76.1 cm³/mol. The molecule has 108 valence electrons. The van der Waals surface area contributed by atoms with Crippen molar-refractivity contribution >= 4 is 5.91 Å². The van der Waals surface area contributed by atoms with Crippen molar-refractivity contribution in [3.63, 3.8) is 0 Å². The molecule has 0 radical (unpaired) electrons. The third-order valence-electron chi connectivity index (χ3n) is 5.02. The Balaban J connectivity index is 1.62. The topological polar surface area (TPSA) is 35.6 Å². The van der Waals surface area contributed by atoms with Gasteiger partial charge in [-0.05, 0) is 64.6 Å². The number of nitrogens with zero attached hydrogens (tertiary/aromatic N) is 2. The maximum absolute atomic E-state index is 12.7. The Kier molecular flexibility index (Phi) is 4.38. The molecule has 1 atom stereocenters. The summed E-state index contributed by atoms with van der Waals surface area (Å²) in [6.07, 6.45) is 8.41. The number of likely N-dealkylation sites (tertiary alicyclic amines) is 2. The maximum Gasteiger partial charge on any atom is 0.239 e. The van der Waals surface area contributed by atoms with Gasteiger partial charge in [0.05, 0.1) is 6.04 Å². The van der Waals surface area contributed by atoms with Crippen LogP contribution in [0.3, 0.4) is 0 Å². The van der Waals surface area contributed by atoms with Gasteiger partial charge in [-0.1, -0.05) is 0 Å². The minimum Gasteiger partial charge on any atom is -0.341 e. The predicted octanol–water partition coefficient (Wildman–Crippen LogP) is 1.22. The highest BCUT2D eigenvalue weighted by molar-refractivity contribution is 5.82. The first-order valence-electron chi connectivity index (χ1n) is 8.11. The number of carbonyl (C=O) groups is 1. The number of piperidine rings is 2. The first-order chi connectivity index (χ1) is 9.36. The zero-order valence-electron chi connectivity index (χ0n) is 11.9. The smallest absolute Gasteiger partial charge is 0.239 e. The summed E-state index contributed by atoms with van der Waals surface area (Å²) in [6.45, 7) is 5.36. The lowest BCUT2D eigenvalue weighted by Crippen LogP contribution is -2.52. The average molecular weight is 265 g/mol. The molecular weight excluding hydrogens is 238 g/mol. The van der Waals surface area contributed by atoms with E-state index < -0.39 is 0 Å². The second-order valence-electron chi connectivity index (χ2n) is 6.26. The van der Waals surface area contributed by atoms with Crippen LogP contribution in [0.25, 0.3) is 0 Å². The molecule has 0 aromatic carbocycles. The van der Waals surface area contributed by atoms with Crippen LogP contribution in [0, 0.1) is 0 Å². The fourth-order valence-electron chi connectivity index (χ4n) is 3.95. The third kappa shape index (κ3) is 2.95. The Morgan fingerprint density at radius 1 is 0.895 bits per heavy atom. The summed E-state index contributed by atoms with van der Waals surface area (Å²) in [7, 11) is 0. The number of hydrogen-bond acceptors (Lipinski definition) is 3. The zero-order chi connectivity index (χ0) is 13.1. The Hall–Kier alpha value is -0.610. The van der Waals surface area contributed by atoms with E-state index >= 15 is 0 Å². The molecule has 4 nitrogen and oxygen atoms in total. The summed E-state index contributed by atoms with van der Waals surface area (Å²) in [5.41, 5.74) is 0. The molecule has 3 rings (SSSR count). The molecule has 1 amide bonds. The number of rotatable bonds is 2. The molecule has 0 aliphatic carbocycles. The van der Waals surface area contributed by atoms with Crippen molar-refractivity contribution < 1.29 is 4.79 Å². The van der Waals surface area contributed by atoms with E-state index in [4.69, 9.17) is 0 Å². The van der Waals surface area contributed by atoms with Gasteiger partial charge in [0.15, 0.2) is 0 Å². The number of nitrogens with one attached hydrogen (secondary N) is 1. The molecule has 4 heteroatoms. The molecule has 3 heterocycles. The molecule has 3 fully saturated rings. The Labute approximate surface area is 116 Å². The van der Waals surface area contributed by atoms with Crippen molar-refractivity contribution in [3.05, 3.63) is 0 Å². The summed E-state index contributed by atoms with van der Waals surface area (Å²) in [5.74, 6) is 0.427. The lowest BCUT2D eigenvalue weighted by atomic mass is 10.0. The van der Waals surface area contributed by atoms with E-state index in [1.54, 1.807) is 0 Å². The maximum atomic E-state index is 12.7. The minimum atomic E-state index is 0.196. The van der Waals surface area contributed by atoms with Crippen molar-refractivity contribution in [2.45, 2.75) is 57.0 Å². The van der Waals surface area contributed by atoms with Gasteiger partial charge in [0.2, 0.25) is 5.91 Å². The SMILES string of the molecule is O=C(C1CCCN1C1CCNCC1)N1CCCCC1. The third-order valence-corrected chi connectivity index (χ3v) is 5.02. The van der Waals surface area contributed by atoms with Crippen molar-refractivity contribution in [3.8, 4) is 0 Å². The number of carbonyl (C=O) groups excluding carboxylic acids is 1. The molecule has 3 aliphatic heterocycles. The van der Waals surface area contributed by atoms with Crippen LogP contribution in [-0.4, -0.2) is 60.5 Å². The first-order valence-corrected chi connectivity index (χ1v) is 8.11. The minimum absolute atomic E-state index is 0.196. The molecule has 0 bridgehead atoms. The van der Waals surface area contributed by atoms with Gasteiger partial charge in [0.25, 0.3) is 0 Å². The highest BCUT2D eigenvalue weighted by Crippen LogP contribution is 2.26.